The quantitative estimate of drug-likeness (QED) is 0.758. The fourth-order valence-electron chi connectivity index (χ4n) is 1.70. The maximum Gasteiger partial charge on any atom is 0.258 e. The molecule has 1 aliphatic rings. The second-order valence-electron chi connectivity index (χ2n) is 5.31. The van der Waals surface area contributed by atoms with E-state index in [1.807, 2.05) is 26.0 Å². The molecule has 1 aromatic heterocycles. The molecule has 1 saturated carbocycles. The van der Waals surface area contributed by atoms with Gasteiger partial charge in [-0.05, 0) is 38.3 Å². The number of carbonyl (C=O) groups excluding carboxylic acids is 1. The SMILES string of the molecule is CCC(C)NC(=O)COc1ccc(CNC2CC2)nc1. The van der Waals surface area contributed by atoms with E-state index in [4.69, 9.17) is 4.74 Å². The van der Waals surface area contributed by atoms with Crippen LogP contribution in [-0.2, 0) is 11.3 Å². The average molecular weight is 277 g/mol. The fraction of sp³-hybridized carbons (Fsp3) is 0.600. The van der Waals surface area contributed by atoms with Gasteiger partial charge in [0.05, 0.1) is 11.9 Å². The van der Waals surface area contributed by atoms with Crippen LogP contribution in [0.25, 0.3) is 0 Å². The monoisotopic (exact) mass is 277 g/mol. The molecule has 20 heavy (non-hydrogen) atoms. The Morgan fingerprint density at radius 3 is 2.90 bits per heavy atom. The molecule has 0 saturated heterocycles. The average Bonchev–Trinajstić information content (AvgIpc) is 3.28. The minimum absolute atomic E-state index is 0.0334. The number of aromatic nitrogens is 1. The summed E-state index contributed by atoms with van der Waals surface area (Å²) < 4.78 is 5.41. The van der Waals surface area contributed by atoms with Gasteiger partial charge in [-0.3, -0.25) is 9.78 Å². The maximum absolute atomic E-state index is 11.6. The lowest BCUT2D eigenvalue weighted by atomic mass is 10.2. The van der Waals surface area contributed by atoms with Gasteiger partial charge in [0.15, 0.2) is 6.61 Å². The van der Waals surface area contributed by atoms with Crippen LogP contribution in [0.2, 0.25) is 0 Å². The molecular weight excluding hydrogens is 254 g/mol. The van der Waals surface area contributed by atoms with E-state index in [1.54, 1.807) is 6.20 Å². The predicted molar refractivity (Wildman–Crippen MR) is 77.5 cm³/mol. The minimum atomic E-state index is -0.0983. The minimum Gasteiger partial charge on any atom is -0.482 e. The predicted octanol–water partition coefficient (Wildman–Crippen LogP) is 1.63. The molecule has 1 heterocycles. The Balaban J connectivity index is 1.71. The summed E-state index contributed by atoms with van der Waals surface area (Å²) in [7, 11) is 0. The topological polar surface area (TPSA) is 63.2 Å². The molecule has 2 rings (SSSR count). The van der Waals surface area contributed by atoms with E-state index >= 15 is 0 Å². The summed E-state index contributed by atoms with van der Waals surface area (Å²) in [4.78, 5) is 15.9. The third kappa shape index (κ3) is 5.17. The summed E-state index contributed by atoms with van der Waals surface area (Å²) in [6.07, 6.45) is 5.12. The van der Waals surface area contributed by atoms with E-state index in [0.29, 0.717) is 11.8 Å². The van der Waals surface area contributed by atoms with Crippen LogP contribution in [0.3, 0.4) is 0 Å². The Hall–Kier alpha value is -1.62. The highest BCUT2D eigenvalue weighted by atomic mass is 16.5. The van der Waals surface area contributed by atoms with Gasteiger partial charge in [0, 0.05) is 18.6 Å². The highest BCUT2D eigenvalue weighted by Crippen LogP contribution is 2.19. The van der Waals surface area contributed by atoms with Gasteiger partial charge in [0.1, 0.15) is 5.75 Å². The van der Waals surface area contributed by atoms with Gasteiger partial charge in [-0.2, -0.15) is 0 Å². The summed E-state index contributed by atoms with van der Waals surface area (Å²) in [5.41, 5.74) is 0.994. The first-order chi connectivity index (χ1) is 9.67. The van der Waals surface area contributed by atoms with E-state index in [2.05, 4.69) is 15.6 Å². The molecule has 5 heteroatoms. The Kier molecular flexibility index (Phi) is 5.35. The van der Waals surface area contributed by atoms with E-state index in [9.17, 15) is 4.79 Å². The largest absolute Gasteiger partial charge is 0.482 e. The second kappa shape index (κ2) is 7.24. The van der Waals surface area contributed by atoms with Crippen molar-refractivity contribution in [1.82, 2.24) is 15.6 Å². The summed E-state index contributed by atoms with van der Waals surface area (Å²) in [5.74, 6) is 0.526. The summed E-state index contributed by atoms with van der Waals surface area (Å²) in [6, 6.07) is 4.64. The first-order valence-electron chi connectivity index (χ1n) is 7.28. The highest BCUT2D eigenvalue weighted by Gasteiger charge is 2.20. The van der Waals surface area contributed by atoms with Crippen LogP contribution < -0.4 is 15.4 Å². The van der Waals surface area contributed by atoms with Crippen molar-refractivity contribution in [3.05, 3.63) is 24.0 Å². The molecule has 5 nitrogen and oxygen atoms in total. The zero-order chi connectivity index (χ0) is 14.4. The van der Waals surface area contributed by atoms with Crippen molar-refractivity contribution in [2.24, 2.45) is 0 Å². The van der Waals surface area contributed by atoms with Gasteiger partial charge in [0.25, 0.3) is 5.91 Å². The van der Waals surface area contributed by atoms with Crippen molar-refractivity contribution < 1.29 is 9.53 Å². The van der Waals surface area contributed by atoms with E-state index in [1.165, 1.54) is 12.8 Å². The third-order valence-electron chi connectivity index (χ3n) is 3.34. The van der Waals surface area contributed by atoms with Crippen molar-refractivity contribution in [1.29, 1.82) is 0 Å². The van der Waals surface area contributed by atoms with Gasteiger partial charge in [0.2, 0.25) is 0 Å². The molecule has 0 spiro atoms. The van der Waals surface area contributed by atoms with Gasteiger partial charge < -0.3 is 15.4 Å². The number of carbonyl (C=O) groups is 1. The third-order valence-corrected chi connectivity index (χ3v) is 3.34. The van der Waals surface area contributed by atoms with Gasteiger partial charge in [-0.15, -0.1) is 0 Å². The summed E-state index contributed by atoms with van der Waals surface area (Å²) >= 11 is 0. The number of rotatable bonds is 8. The Morgan fingerprint density at radius 1 is 1.50 bits per heavy atom. The first-order valence-corrected chi connectivity index (χ1v) is 7.28. The van der Waals surface area contributed by atoms with Crippen LogP contribution in [0.4, 0.5) is 0 Å². The molecule has 0 aliphatic heterocycles. The maximum atomic E-state index is 11.6. The van der Waals surface area contributed by atoms with Crippen LogP contribution in [0.1, 0.15) is 38.8 Å². The molecule has 110 valence electrons. The molecule has 1 atom stereocenters. The van der Waals surface area contributed by atoms with Gasteiger partial charge in [-0.25, -0.2) is 0 Å². The van der Waals surface area contributed by atoms with E-state index < -0.39 is 0 Å². The first kappa shape index (κ1) is 14.8. The number of ether oxygens (including phenoxy) is 1. The number of nitrogens with one attached hydrogen (secondary N) is 2. The molecule has 0 aromatic carbocycles. The number of hydrogen-bond donors (Lipinski definition) is 2. The number of pyridine rings is 1. The lowest BCUT2D eigenvalue weighted by molar-refractivity contribution is -0.123. The van der Waals surface area contributed by atoms with E-state index in [-0.39, 0.29) is 18.6 Å². The van der Waals surface area contributed by atoms with Crippen LogP contribution in [-0.4, -0.2) is 29.6 Å². The molecule has 0 bridgehead atoms. The lowest BCUT2D eigenvalue weighted by Crippen LogP contribution is -2.35. The van der Waals surface area contributed by atoms with Crippen molar-refractivity contribution in [2.75, 3.05) is 6.61 Å². The Bertz CT molecular complexity index is 429. The van der Waals surface area contributed by atoms with Crippen LogP contribution in [0, 0.1) is 0 Å². The molecule has 1 aliphatic carbocycles. The Labute approximate surface area is 120 Å². The zero-order valence-electron chi connectivity index (χ0n) is 12.2. The standard InChI is InChI=1S/C15H23N3O2/c1-3-11(2)18-15(19)10-20-14-7-6-13(17-9-14)8-16-12-4-5-12/h6-7,9,11-12,16H,3-5,8,10H2,1-2H3,(H,18,19). The molecule has 1 fully saturated rings. The van der Waals surface area contributed by atoms with Crippen molar-refractivity contribution in [3.63, 3.8) is 0 Å². The molecule has 1 amide bonds. The van der Waals surface area contributed by atoms with E-state index in [0.717, 1.165) is 18.7 Å². The number of amides is 1. The molecule has 1 aromatic rings. The molecule has 1 unspecified atom stereocenters. The van der Waals surface area contributed by atoms with Crippen LogP contribution in [0.15, 0.2) is 18.3 Å². The zero-order valence-corrected chi connectivity index (χ0v) is 12.2. The number of hydrogen-bond acceptors (Lipinski definition) is 4. The highest BCUT2D eigenvalue weighted by molar-refractivity contribution is 5.77. The normalized spacial score (nSPS) is 15.7. The molecular formula is C15H23N3O2. The van der Waals surface area contributed by atoms with Gasteiger partial charge >= 0.3 is 0 Å². The number of nitrogens with zero attached hydrogens (tertiary/aromatic N) is 1. The summed E-state index contributed by atoms with van der Waals surface area (Å²) in [5, 5.41) is 6.26. The van der Waals surface area contributed by atoms with Gasteiger partial charge in [-0.1, -0.05) is 6.92 Å². The van der Waals surface area contributed by atoms with Crippen molar-refractivity contribution in [2.45, 2.75) is 51.7 Å². The van der Waals surface area contributed by atoms with Crippen molar-refractivity contribution >= 4 is 5.91 Å². The smallest absolute Gasteiger partial charge is 0.258 e. The van der Waals surface area contributed by atoms with Crippen LogP contribution in [0.5, 0.6) is 5.75 Å². The van der Waals surface area contributed by atoms with Crippen LogP contribution >= 0.6 is 0 Å². The fourth-order valence-corrected chi connectivity index (χ4v) is 1.70. The Morgan fingerprint density at radius 2 is 2.30 bits per heavy atom. The lowest BCUT2D eigenvalue weighted by Gasteiger charge is -2.12. The summed E-state index contributed by atoms with van der Waals surface area (Å²) in [6.45, 7) is 4.83. The molecule has 2 N–H and O–H groups in total. The van der Waals surface area contributed by atoms with Crippen molar-refractivity contribution in [3.8, 4) is 5.75 Å². The molecule has 0 radical (unpaired) electrons. The second-order valence-corrected chi connectivity index (χ2v) is 5.31.